The molecule has 0 saturated carbocycles. The fourth-order valence-corrected chi connectivity index (χ4v) is 4.78. The van der Waals surface area contributed by atoms with Crippen LogP contribution in [-0.4, -0.2) is 36.0 Å². The highest BCUT2D eigenvalue weighted by Gasteiger charge is 2.17. The molecule has 0 aliphatic rings. The lowest BCUT2D eigenvalue weighted by molar-refractivity contribution is -0.118. The smallest absolute Gasteiger partial charge is 0.226 e. The van der Waals surface area contributed by atoms with Gasteiger partial charge in [-0.15, -0.1) is 11.3 Å². The topological polar surface area (TPSA) is 112 Å². The average molecular weight is 498 g/mol. The number of pyridine rings is 3. The van der Waals surface area contributed by atoms with Crippen molar-refractivity contribution in [2.75, 3.05) is 5.32 Å². The minimum atomic E-state index is -0.251. The van der Waals surface area contributed by atoms with Gasteiger partial charge in [0.05, 0.1) is 28.1 Å². The van der Waals surface area contributed by atoms with Gasteiger partial charge in [-0.2, -0.15) is 9.49 Å². The minimum absolute atomic E-state index is 0.0717. The Morgan fingerprint density at radius 3 is 2.67 bits per heavy atom. The van der Waals surface area contributed by atoms with Crippen LogP contribution in [0, 0.1) is 11.0 Å². The van der Waals surface area contributed by atoms with Crippen LogP contribution < -0.4 is 5.32 Å². The van der Waals surface area contributed by atoms with E-state index in [1.165, 1.54) is 6.07 Å². The first-order chi connectivity index (χ1) is 17.5. The first-order valence-corrected chi connectivity index (χ1v) is 12.1. The molecule has 36 heavy (non-hydrogen) atoms. The Bertz CT molecular complexity index is 1750. The molecule has 0 unspecified atom stereocenters. The molecule has 0 aromatic carbocycles. The number of halogens is 1. The number of rotatable bonds is 5. The van der Waals surface area contributed by atoms with Crippen LogP contribution in [0.5, 0.6) is 0 Å². The third-order valence-electron chi connectivity index (χ3n) is 5.89. The van der Waals surface area contributed by atoms with E-state index in [4.69, 9.17) is 0 Å². The Hall–Kier alpha value is -4.44. The molecule has 0 spiro atoms. The molecule has 0 aliphatic carbocycles. The maximum absolute atomic E-state index is 13.7. The van der Waals surface area contributed by atoms with Crippen LogP contribution in [0.2, 0.25) is 0 Å². The van der Waals surface area contributed by atoms with E-state index in [1.807, 2.05) is 38.1 Å². The molecule has 0 atom stereocenters. The first kappa shape index (κ1) is 22.1. The average Bonchev–Trinajstić information content (AvgIpc) is 3.61. The summed E-state index contributed by atoms with van der Waals surface area (Å²) in [7, 11) is 0. The van der Waals surface area contributed by atoms with Crippen molar-refractivity contribution < 1.29 is 9.18 Å². The number of anilines is 1. The number of thiophene rings is 1. The van der Waals surface area contributed by atoms with E-state index in [1.54, 1.807) is 30.9 Å². The zero-order valence-corrected chi connectivity index (χ0v) is 20.2. The molecular weight excluding hydrogens is 477 g/mol. The lowest BCUT2D eigenvalue weighted by Gasteiger charge is -2.09. The fourth-order valence-electron chi connectivity index (χ4n) is 4.04. The van der Waals surface area contributed by atoms with E-state index in [9.17, 15) is 9.18 Å². The second-order valence-electron chi connectivity index (χ2n) is 8.71. The van der Waals surface area contributed by atoms with Crippen molar-refractivity contribution in [1.82, 2.24) is 30.1 Å². The third-order valence-corrected chi connectivity index (χ3v) is 6.77. The van der Waals surface area contributed by atoms with Gasteiger partial charge in [-0.05, 0) is 36.4 Å². The van der Waals surface area contributed by atoms with Gasteiger partial charge >= 0.3 is 0 Å². The maximum Gasteiger partial charge on any atom is 0.226 e. The summed E-state index contributed by atoms with van der Waals surface area (Å²) in [6.07, 6.45) is 6.80. The number of H-pyrrole nitrogens is 2. The summed E-state index contributed by atoms with van der Waals surface area (Å²) >= 11 is 1.06. The number of carbonyl (C=O) groups is 1. The van der Waals surface area contributed by atoms with Gasteiger partial charge in [0, 0.05) is 51.9 Å². The van der Waals surface area contributed by atoms with E-state index in [2.05, 4.69) is 35.5 Å². The number of fused-ring (bicyclic) bond motifs is 2. The fraction of sp³-hybridized carbons (Fsp3) is 0.115. The Balaban J connectivity index is 1.41. The predicted molar refractivity (Wildman–Crippen MR) is 139 cm³/mol. The minimum Gasteiger partial charge on any atom is -0.353 e. The van der Waals surface area contributed by atoms with Crippen molar-refractivity contribution in [3.8, 4) is 33.1 Å². The molecule has 1 amide bonds. The summed E-state index contributed by atoms with van der Waals surface area (Å²) in [5.74, 6) is -0.205. The Morgan fingerprint density at radius 2 is 1.86 bits per heavy atom. The Kier molecular flexibility index (Phi) is 5.30. The molecule has 3 N–H and O–H groups in total. The van der Waals surface area contributed by atoms with E-state index in [-0.39, 0.29) is 17.0 Å². The van der Waals surface area contributed by atoms with Gasteiger partial charge in [0.25, 0.3) is 0 Å². The summed E-state index contributed by atoms with van der Waals surface area (Å²) in [5.41, 5.74) is 6.01. The second kappa shape index (κ2) is 8.65. The zero-order valence-electron chi connectivity index (χ0n) is 19.3. The van der Waals surface area contributed by atoms with Crippen molar-refractivity contribution >= 4 is 44.9 Å². The highest BCUT2D eigenvalue weighted by atomic mass is 32.1. The van der Waals surface area contributed by atoms with Crippen LogP contribution in [-0.2, 0) is 4.79 Å². The van der Waals surface area contributed by atoms with Gasteiger partial charge in [0.15, 0.2) is 10.8 Å². The van der Waals surface area contributed by atoms with Crippen molar-refractivity contribution in [2.24, 2.45) is 5.92 Å². The van der Waals surface area contributed by atoms with Gasteiger partial charge in [-0.25, -0.2) is 4.98 Å². The summed E-state index contributed by atoms with van der Waals surface area (Å²) in [4.78, 5) is 29.6. The van der Waals surface area contributed by atoms with Crippen LogP contribution in [0.4, 0.5) is 10.1 Å². The van der Waals surface area contributed by atoms with E-state index in [0.717, 1.165) is 49.3 Å². The molecule has 6 heterocycles. The quantitative estimate of drug-likeness (QED) is 0.269. The third kappa shape index (κ3) is 3.91. The molecular formula is C26H20FN7OS. The highest BCUT2D eigenvalue weighted by molar-refractivity contribution is 7.13. The van der Waals surface area contributed by atoms with Gasteiger partial charge in [0.2, 0.25) is 5.91 Å². The number of hydrogen-bond acceptors (Lipinski definition) is 6. The molecule has 8 nitrogen and oxygen atoms in total. The first-order valence-electron chi connectivity index (χ1n) is 11.3. The van der Waals surface area contributed by atoms with Gasteiger partial charge in [-0.3, -0.25) is 19.9 Å². The van der Waals surface area contributed by atoms with Gasteiger partial charge in [0.1, 0.15) is 5.69 Å². The molecule has 0 fully saturated rings. The van der Waals surface area contributed by atoms with E-state index < -0.39 is 0 Å². The number of hydrogen-bond donors (Lipinski definition) is 3. The maximum atomic E-state index is 13.7. The molecule has 0 bridgehead atoms. The number of aromatic nitrogens is 6. The Morgan fingerprint density at radius 1 is 1.00 bits per heavy atom. The lowest BCUT2D eigenvalue weighted by atomic mass is 10.1. The van der Waals surface area contributed by atoms with E-state index >= 15 is 0 Å². The number of carbonyl (C=O) groups excluding carboxylic acids is 1. The molecule has 6 aromatic rings. The van der Waals surface area contributed by atoms with Crippen molar-refractivity contribution in [3.05, 3.63) is 66.3 Å². The SMILES string of the molecule is CC(C)C(=O)Nc1cncc(-c2cnc3[nH]nc(-c4cc5c(-c6ccc(F)s6)nccc5[nH]4)c3c2)c1. The van der Waals surface area contributed by atoms with Gasteiger partial charge < -0.3 is 10.3 Å². The van der Waals surface area contributed by atoms with Crippen molar-refractivity contribution in [2.45, 2.75) is 13.8 Å². The molecule has 6 rings (SSSR count). The van der Waals surface area contributed by atoms with Crippen LogP contribution in [0.15, 0.2) is 61.2 Å². The largest absolute Gasteiger partial charge is 0.353 e. The molecule has 0 aliphatic heterocycles. The predicted octanol–water partition coefficient (Wildman–Crippen LogP) is 6.03. The number of nitrogens with one attached hydrogen (secondary N) is 3. The second-order valence-corrected chi connectivity index (χ2v) is 9.74. The standard InChI is InChI=1S/C26H20FN7OS/c1-13(2)26(35)31-16-7-14(10-28-12-16)15-8-18-23(33-34-25(18)30-11-15)20-9-17-19(32-20)5-6-29-24(17)21-3-4-22(27)36-21/h3-13,32H,1-2H3,(H,31,35)(H,30,33,34). The normalized spacial score (nSPS) is 11.6. The molecule has 6 aromatic heterocycles. The van der Waals surface area contributed by atoms with Crippen LogP contribution in [0.3, 0.4) is 0 Å². The van der Waals surface area contributed by atoms with Crippen LogP contribution >= 0.6 is 11.3 Å². The zero-order chi connectivity index (χ0) is 24.8. The van der Waals surface area contributed by atoms with Crippen molar-refractivity contribution in [1.29, 1.82) is 0 Å². The molecule has 10 heteroatoms. The Labute approximate surface area is 208 Å². The van der Waals surface area contributed by atoms with Gasteiger partial charge in [-0.1, -0.05) is 13.8 Å². The monoisotopic (exact) mass is 497 g/mol. The lowest BCUT2D eigenvalue weighted by Crippen LogP contribution is -2.17. The number of nitrogens with zero attached hydrogens (tertiary/aromatic N) is 4. The summed E-state index contributed by atoms with van der Waals surface area (Å²) in [5, 5.41) is 11.8. The highest BCUT2D eigenvalue weighted by Crippen LogP contribution is 2.35. The van der Waals surface area contributed by atoms with E-state index in [0.29, 0.717) is 22.7 Å². The molecule has 0 radical (unpaired) electrons. The number of aromatic amines is 2. The summed E-state index contributed by atoms with van der Waals surface area (Å²) < 4.78 is 13.7. The molecule has 0 saturated heterocycles. The van der Waals surface area contributed by atoms with Crippen LogP contribution in [0.1, 0.15) is 13.8 Å². The summed E-state index contributed by atoms with van der Waals surface area (Å²) in [6.45, 7) is 3.68. The summed E-state index contributed by atoms with van der Waals surface area (Å²) in [6, 6.07) is 10.9. The molecule has 178 valence electrons. The number of amides is 1. The van der Waals surface area contributed by atoms with Crippen molar-refractivity contribution in [3.63, 3.8) is 0 Å². The van der Waals surface area contributed by atoms with Crippen LogP contribution in [0.25, 0.3) is 55.0 Å².